The Kier molecular flexibility index (Phi) is 6.22. The van der Waals surface area contributed by atoms with Crippen molar-refractivity contribution in [3.63, 3.8) is 0 Å². The van der Waals surface area contributed by atoms with Gasteiger partial charge in [0, 0.05) is 43.1 Å². The lowest BCUT2D eigenvalue weighted by Gasteiger charge is -2.15. The smallest absolute Gasteiger partial charge is 0.253 e. The molecule has 0 saturated carbocycles. The van der Waals surface area contributed by atoms with E-state index in [2.05, 4.69) is 48.0 Å². The van der Waals surface area contributed by atoms with Gasteiger partial charge >= 0.3 is 0 Å². The van der Waals surface area contributed by atoms with Crippen LogP contribution < -0.4 is 5.32 Å². The van der Waals surface area contributed by atoms with E-state index >= 15 is 0 Å². The van der Waals surface area contributed by atoms with Crippen LogP contribution in [0.5, 0.6) is 0 Å². The molecule has 1 aromatic heterocycles. The Bertz CT molecular complexity index is 861. The molecule has 0 spiro atoms. The standard InChI is InChI=1S/C23H31N3O2/c1-16(2)19-8-7-9-20(15-19)26-17(3)14-21(18(26)4)23(28)24-11-10-22(27)25-12-5-6-13-25/h7-9,14-16H,5-6,10-13H2,1-4H3,(H,24,28). The largest absolute Gasteiger partial charge is 0.351 e. The monoisotopic (exact) mass is 381 g/mol. The van der Waals surface area contributed by atoms with Crippen LogP contribution in [0.15, 0.2) is 30.3 Å². The first-order valence-electron chi connectivity index (χ1n) is 10.2. The second kappa shape index (κ2) is 8.63. The van der Waals surface area contributed by atoms with Gasteiger partial charge in [-0.05, 0) is 56.4 Å². The maximum Gasteiger partial charge on any atom is 0.253 e. The third-order valence-electron chi connectivity index (χ3n) is 5.55. The Morgan fingerprint density at radius 2 is 1.82 bits per heavy atom. The number of rotatable bonds is 6. The summed E-state index contributed by atoms with van der Waals surface area (Å²) in [4.78, 5) is 26.7. The summed E-state index contributed by atoms with van der Waals surface area (Å²) in [6.07, 6.45) is 2.53. The van der Waals surface area contributed by atoms with Gasteiger partial charge in [0.2, 0.25) is 5.91 Å². The first kappa shape index (κ1) is 20.2. The third kappa shape index (κ3) is 4.29. The molecule has 1 saturated heterocycles. The van der Waals surface area contributed by atoms with Gasteiger partial charge < -0.3 is 14.8 Å². The Hall–Kier alpha value is -2.56. The minimum absolute atomic E-state index is 0.117. The van der Waals surface area contributed by atoms with Crippen LogP contribution in [0, 0.1) is 13.8 Å². The molecule has 28 heavy (non-hydrogen) atoms. The number of carbonyl (C=O) groups is 2. The Morgan fingerprint density at radius 1 is 1.11 bits per heavy atom. The average Bonchev–Trinajstić information content (AvgIpc) is 3.30. The summed E-state index contributed by atoms with van der Waals surface area (Å²) in [5.74, 6) is 0.467. The normalized spacial score (nSPS) is 14.0. The zero-order valence-electron chi connectivity index (χ0n) is 17.4. The highest BCUT2D eigenvalue weighted by atomic mass is 16.2. The van der Waals surface area contributed by atoms with Gasteiger partial charge in [0.15, 0.2) is 0 Å². The van der Waals surface area contributed by atoms with E-state index in [-0.39, 0.29) is 11.8 Å². The lowest BCUT2D eigenvalue weighted by atomic mass is 10.0. The molecule has 1 aliphatic heterocycles. The third-order valence-corrected chi connectivity index (χ3v) is 5.55. The van der Waals surface area contributed by atoms with Crippen LogP contribution in [-0.2, 0) is 4.79 Å². The van der Waals surface area contributed by atoms with E-state index in [1.165, 1.54) is 5.56 Å². The Balaban J connectivity index is 1.69. The topological polar surface area (TPSA) is 54.3 Å². The van der Waals surface area contributed by atoms with Crippen LogP contribution in [0.2, 0.25) is 0 Å². The molecule has 1 aliphatic rings. The van der Waals surface area contributed by atoms with E-state index in [0.29, 0.717) is 24.4 Å². The van der Waals surface area contributed by atoms with Gasteiger partial charge in [-0.2, -0.15) is 0 Å². The Labute approximate surface area is 167 Å². The van der Waals surface area contributed by atoms with E-state index < -0.39 is 0 Å². The molecule has 0 atom stereocenters. The predicted molar refractivity (Wildman–Crippen MR) is 112 cm³/mol. The van der Waals surface area contributed by atoms with Crippen molar-refractivity contribution in [1.29, 1.82) is 0 Å². The number of amides is 2. The zero-order valence-corrected chi connectivity index (χ0v) is 17.4. The molecule has 1 N–H and O–H groups in total. The van der Waals surface area contributed by atoms with Crippen molar-refractivity contribution in [1.82, 2.24) is 14.8 Å². The fraction of sp³-hybridized carbons (Fsp3) is 0.478. The van der Waals surface area contributed by atoms with Crippen LogP contribution in [-0.4, -0.2) is 40.9 Å². The fourth-order valence-corrected chi connectivity index (χ4v) is 3.92. The summed E-state index contributed by atoms with van der Waals surface area (Å²) >= 11 is 0. The summed E-state index contributed by atoms with van der Waals surface area (Å²) in [5, 5.41) is 2.92. The quantitative estimate of drug-likeness (QED) is 0.823. The molecule has 2 heterocycles. The molecule has 2 aromatic rings. The number of nitrogens with one attached hydrogen (secondary N) is 1. The van der Waals surface area contributed by atoms with Crippen LogP contribution >= 0.6 is 0 Å². The first-order valence-corrected chi connectivity index (χ1v) is 10.2. The predicted octanol–water partition coefficient (Wildman–Crippen LogP) is 3.96. The highest BCUT2D eigenvalue weighted by Gasteiger charge is 2.19. The van der Waals surface area contributed by atoms with Crippen molar-refractivity contribution in [3.8, 4) is 5.69 Å². The van der Waals surface area contributed by atoms with Gasteiger partial charge in [-0.25, -0.2) is 0 Å². The molecule has 0 radical (unpaired) electrons. The molecule has 0 bridgehead atoms. The zero-order chi connectivity index (χ0) is 20.3. The van der Waals surface area contributed by atoms with Crippen LogP contribution in [0.1, 0.15) is 66.3 Å². The maximum atomic E-state index is 12.7. The van der Waals surface area contributed by atoms with Gasteiger partial charge in [-0.15, -0.1) is 0 Å². The van der Waals surface area contributed by atoms with E-state index in [4.69, 9.17) is 0 Å². The average molecular weight is 382 g/mol. The maximum absolute atomic E-state index is 12.7. The van der Waals surface area contributed by atoms with Crippen LogP contribution in [0.4, 0.5) is 0 Å². The summed E-state index contributed by atoms with van der Waals surface area (Å²) in [7, 11) is 0. The minimum Gasteiger partial charge on any atom is -0.351 e. The van der Waals surface area contributed by atoms with E-state index in [1.54, 1.807) is 0 Å². The van der Waals surface area contributed by atoms with Gasteiger partial charge in [0.1, 0.15) is 0 Å². The highest BCUT2D eigenvalue weighted by Crippen LogP contribution is 2.24. The number of hydrogen-bond acceptors (Lipinski definition) is 2. The van der Waals surface area contributed by atoms with Crippen molar-refractivity contribution >= 4 is 11.8 Å². The highest BCUT2D eigenvalue weighted by molar-refractivity contribution is 5.96. The second-order valence-corrected chi connectivity index (χ2v) is 7.96. The summed E-state index contributed by atoms with van der Waals surface area (Å²) in [5.41, 5.74) is 4.96. The lowest BCUT2D eigenvalue weighted by molar-refractivity contribution is -0.129. The van der Waals surface area contributed by atoms with Gasteiger partial charge in [0.05, 0.1) is 5.56 Å². The molecule has 0 aliphatic carbocycles. The Morgan fingerprint density at radius 3 is 2.50 bits per heavy atom. The molecule has 150 valence electrons. The molecule has 3 rings (SSSR count). The molecule has 5 heteroatoms. The summed E-state index contributed by atoms with van der Waals surface area (Å²) in [6.45, 7) is 10.4. The number of benzene rings is 1. The second-order valence-electron chi connectivity index (χ2n) is 7.96. The summed E-state index contributed by atoms with van der Waals surface area (Å²) < 4.78 is 2.12. The van der Waals surface area contributed by atoms with E-state index in [0.717, 1.165) is 43.0 Å². The molecule has 2 amide bonds. The van der Waals surface area contributed by atoms with Crippen molar-refractivity contribution in [2.45, 2.75) is 52.9 Å². The lowest BCUT2D eigenvalue weighted by Crippen LogP contribution is -2.32. The number of likely N-dealkylation sites (tertiary alicyclic amines) is 1. The van der Waals surface area contributed by atoms with Crippen molar-refractivity contribution in [2.75, 3.05) is 19.6 Å². The molecule has 1 fully saturated rings. The SMILES string of the molecule is Cc1cc(C(=O)NCCC(=O)N2CCCC2)c(C)n1-c1cccc(C(C)C)c1. The molecule has 0 unspecified atom stereocenters. The molecule has 1 aromatic carbocycles. The minimum atomic E-state index is -0.117. The van der Waals surface area contributed by atoms with Crippen molar-refractivity contribution in [2.24, 2.45) is 0 Å². The van der Waals surface area contributed by atoms with Crippen molar-refractivity contribution < 1.29 is 9.59 Å². The van der Waals surface area contributed by atoms with Crippen LogP contribution in [0.25, 0.3) is 5.69 Å². The summed E-state index contributed by atoms with van der Waals surface area (Å²) in [6, 6.07) is 10.4. The van der Waals surface area contributed by atoms with E-state index in [1.807, 2.05) is 24.8 Å². The number of nitrogens with zero attached hydrogens (tertiary/aromatic N) is 2. The molecular weight excluding hydrogens is 350 g/mol. The van der Waals surface area contributed by atoms with E-state index in [9.17, 15) is 9.59 Å². The first-order chi connectivity index (χ1) is 13.4. The van der Waals surface area contributed by atoms with Gasteiger partial charge in [-0.1, -0.05) is 26.0 Å². The van der Waals surface area contributed by atoms with Gasteiger partial charge in [-0.3, -0.25) is 9.59 Å². The van der Waals surface area contributed by atoms with Gasteiger partial charge in [0.25, 0.3) is 5.91 Å². The molecule has 5 nitrogen and oxygen atoms in total. The number of carbonyl (C=O) groups excluding carboxylic acids is 2. The number of hydrogen-bond donors (Lipinski definition) is 1. The number of aromatic nitrogens is 1. The van der Waals surface area contributed by atoms with Crippen LogP contribution in [0.3, 0.4) is 0 Å². The number of aryl methyl sites for hydroxylation is 1. The molecular formula is C23H31N3O2. The fourth-order valence-electron chi connectivity index (χ4n) is 3.92. The van der Waals surface area contributed by atoms with Crippen molar-refractivity contribution in [3.05, 3.63) is 52.8 Å².